The number of hydrogen-bond acceptors (Lipinski definition) is 5. The van der Waals surface area contributed by atoms with Crippen molar-refractivity contribution in [3.05, 3.63) is 28.3 Å². The summed E-state index contributed by atoms with van der Waals surface area (Å²) in [6.45, 7) is 2.09. The van der Waals surface area contributed by atoms with Crippen LogP contribution in [0.3, 0.4) is 0 Å². The van der Waals surface area contributed by atoms with E-state index < -0.39 is 4.92 Å². The zero-order valence-electron chi connectivity index (χ0n) is 9.26. The highest BCUT2D eigenvalue weighted by Gasteiger charge is 2.18. The molecule has 0 aliphatic carbocycles. The minimum absolute atomic E-state index is 0.105. The van der Waals surface area contributed by atoms with Gasteiger partial charge in [0, 0.05) is 19.1 Å². The van der Waals surface area contributed by atoms with E-state index in [9.17, 15) is 15.2 Å². The maximum Gasteiger partial charge on any atom is 0.296 e. The van der Waals surface area contributed by atoms with Crippen molar-refractivity contribution in [3.8, 4) is 5.75 Å². The fourth-order valence-electron chi connectivity index (χ4n) is 1.82. The zero-order valence-corrected chi connectivity index (χ0v) is 9.26. The molecule has 0 aromatic heterocycles. The monoisotopic (exact) mass is 238 g/mol. The van der Waals surface area contributed by atoms with Crippen molar-refractivity contribution in [1.82, 2.24) is 0 Å². The standard InChI is InChI=1S/C11H14N2O4/c14-9-1-2-10(11(5-9)13(15)16)12-6-8-3-4-17-7-8/h1-2,5,8,12,14H,3-4,6-7H2. The van der Waals surface area contributed by atoms with E-state index in [0.29, 0.717) is 24.8 Å². The highest BCUT2D eigenvalue weighted by Crippen LogP contribution is 2.28. The second-order valence-corrected chi connectivity index (χ2v) is 4.07. The molecule has 6 nitrogen and oxygen atoms in total. The number of anilines is 1. The summed E-state index contributed by atoms with van der Waals surface area (Å²) in [5.74, 6) is 0.287. The number of phenols is 1. The van der Waals surface area contributed by atoms with Gasteiger partial charge in [-0.05, 0) is 18.6 Å². The molecule has 2 rings (SSSR count). The minimum Gasteiger partial charge on any atom is -0.508 e. The van der Waals surface area contributed by atoms with Crippen LogP contribution in [0.5, 0.6) is 5.75 Å². The van der Waals surface area contributed by atoms with Crippen LogP contribution >= 0.6 is 0 Å². The average Bonchev–Trinajstić information content (AvgIpc) is 2.80. The van der Waals surface area contributed by atoms with Crippen LogP contribution in [0.1, 0.15) is 6.42 Å². The Kier molecular flexibility index (Phi) is 3.43. The van der Waals surface area contributed by atoms with Crippen molar-refractivity contribution < 1.29 is 14.8 Å². The molecular weight excluding hydrogens is 224 g/mol. The molecule has 1 aliphatic heterocycles. The Morgan fingerprint density at radius 2 is 2.41 bits per heavy atom. The number of phenolic OH excluding ortho intramolecular Hbond substituents is 1. The summed E-state index contributed by atoms with van der Waals surface area (Å²) >= 11 is 0. The summed E-state index contributed by atoms with van der Waals surface area (Å²) in [5.41, 5.74) is 0.323. The number of rotatable bonds is 4. The molecule has 0 spiro atoms. The Morgan fingerprint density at radius 1 is 1.59 bits per heavy atom. The van der Waals surface area contributed by atoms with Gasteiger partial charge in [0.05, 0.1) is 17.6 Å². The summed E-state index contributed by atoms with van der Waals surface area (Å²) in [6.07, 6.45) is 0.971. The van der Waals surface area contributed by atoms with Gasteiger partial charge < -0.3 is 15.2 Å². The van der Waals surface area contributed by atoms with Crippen molar-refractivity contribution in [3.63, 3.8) is 0 Å². The van der Waals surface area contributed by atoms with Crippen LogP contribution in [0.25, 0.3) is 0 Å². The van der Waals surface area contributed by atoms with E-state index in [1.807, 2.05) is 0 Å². The highest BCUT2D eigenvalue weighted by atomic mass is 16.6. The van der Waals surface area contributed by atoms with E-state index in [-0.39, 0.29) is 11.4 Å². The number of nitro benzene ring substituents is 1. The molecule has 1 aliphatic rings. The second kappa shape index (κ2) is 5.01. The predicted molar refractivity (Wildman–Crippen MR) is 62.2 cm³/mol. The smallest absolute Gasteiger partial charge is 0.296 e. The third-order valence-electron chi connectivity index (χ3n) is 2.78. The van der Waals surface area contributed by atoms with Gasteiger partial charge in [-0.3, -0.25) is 10.1 Å². The molecule has 1 unspecified atom stereocenters. The number of ether oxygens (including phenoxy) is 1. The van der Waals surface area contributed by atoms with Crippen molar-refractivity contribution >= 4 is 11.4 Å². The fraction of sp³-hybridized carbons (Fsp3) is 0.455. The molecule has 17 heavy (non-hydrogen) atoms. The molecule has 2 N–H and O–H groups in total. The van der Waals surface area contributed by atoms with E-state index in [0.717, 1.165) is 19.1 Å². The molecule has 1 atom stereocenters. The number of nitrogens with one attached hydrogen (secondary N) is 1. The third-order valence-corrected chi connectivity index (χ3v) is 2.78. The molecule has 0 saturated carbocycles. The van der Waals surface area contributed by atoms with Gasteiger partial charge in [-0.1, -0.05) is 0 Å². The van der Waals surface area contributed by atoms with Gasteiger partial charge in [0.1, 0.15) is 11.4 Å². The van der Waals surface area contributed by atoms with Crippen LogP contribution in [0, 0.1) is 16.0 Å². The van der Waals surface area contributed by atoms with Crippen LogP contribution in [-0.2, 0) is 4.74 Å². The maximum absolute atomic E-state index is 10.8. The maximum atomic E-state index is 10.8. The third kappa shape index (κ3) is 2.85. The Balaban J connectivity index is 2.06. The quantitative estimate of drug-likeness (QED) is 0.474. The highest BCUT2D eigenvalue weighted by molar-refractivity contribution is 5.63. The fourth-order valence-corrected chi connectivity index (χ4v) is 1.82. The first-order valence-electron chi connectivity index (χ1n) is 5.46. The molecular formula is C11H14N2O4. The first-order chi connectivity index (χ1) is 8.16. The summed E-state index contributed by atoms with van der Waals surface area (Å²) in [7, 11) is 0. The Labute approximate surface area is 98.4 Å². The van der Waals surface area contributed by atoms with Crippen molar-refractivity contribution in [1.29, 1.82) is 0 Å². The van der Waals surface area contributed by atoms with Crippen molar-refractivity contribution in [2.45, 2.75) is 6.42 Å². The van der Waals surface area contributed by atoms with Gasteiger partial charge in [0.2, 0.25) is 0 Å². The second-order valence-electron chi connectivity index (χ2n) is 4.07. The van der Waals surface area contributed by atoms with Gasteiger partial charge in [0.15, 0.2) is 0 Å². The lowest BCUT2D eigenvalue weighted by Gasteiger charge is -2.10. The van der Waals surface area contributed by atoms with Gasteiger partial charge in [0.25, 0.3) is 5.69 Å². The van der Waals surface area contributed by atoms with Crippen LogP contribution in [0.4, 0.5) is 11.4 Å². The van der Waals surface area contributed by atoms with Gasteiger partial charge in [-0.2, -0.15) is 0 Å². The number of nitro groups is 1. The lowest BCUT2D eigenvalue weighted by Crippen LogP contribution is -2.14. The number of aromatic hydroxyl groups is 1. The Hall–Kier alpha value is -1.82. The van der Waals surface area contributed by atoms with Crippen LogP contribution in [0.2, 0.25) is 0 Å². The normalized spacial score (nSPS) is 19.2. The van der Waals surface area contributed by atoms with Gasteiger partial charge >= 0.3 is 0 Å². The molecule has 1 heterocycles. The molecule has 1 aromatic carbocycles. The molecule has 0 radical (unpaired) electrons. The minimum atomic E-state index is -0.507. The molecule has 0 bridgehead atoms. The lowest BCUT2D eigenvalue weighted by atomic mass is 10.1. The van der Waals surface area contributed by atoms with Crippen LogP contribution < -0.4 is 5.32 Å². The Morgan fingerprint density at radius 3 is 3.06 bits per heavy atom. The van der Waals surface area contributed by atoms with E-state index in [4.69, 9.17) is 4.74 Å². The number of hydrogen-bond donors (Lipinski definition) is 2. The SMILES string of the molecule is O=[N+]([O-])c1cc(O)ccc1NCC1CCOC1. The molecule has 1 aromatic rings. The molecule has 0 amide bonds. The van der Waals surface area contributed by atoms with E-state index in [2.05, 4.69) is 5.32 Å². The summed E-state index contributed by atoms with van der Waals surface area (Å²) in [6, 6.07) is 4.09. The van der Waals surface area contributed by atoms with Crippen molar-refractivity contribution in [2.24, 2.45) is 5.92 Å². The topological polar surface area (TPSA) is 84.6 Å². The molecule has 92 valence electrons. The largest absolute Gasteiger partial charge is 0.508 e. The molecule has 1 fully saturated rings. The van der Waals surface area contributed by atoms with Crippen molar-refractivity contribution in [2.75, 3.05) is 25.1 Å². The zero-order chi connectivity index (χ0) is 12.3. The Bertz CT molecular complexity index is 416. The first-order valence-corrected chi connectivity index (χ1v) is 5.46. The van der Waals surface area contributed by atoms with Gasteiger partial charge in [-0.25, -0.2) is 0 Å². The summed E-state index contributed by atoms with van der Waals surface area (Å²) in [4.78, 5) is 10.3. The summed E-state index contributed by atoms with van der Waals surface area (Å²) < 4.78 is 5.23. The molecule has 1 saturated heterocycles. The summed E-state index contributed by atoms with van der Waals surface area (Å²) in [5, 5.41) is 23.0. The van der Waals surface area contributed by atoms with Gasteiger partial charge in [-0.15, -0.1) is 0 Å². The van der Waals surface area contributed by atoms with Crippen LogP contribution in [0.15, 0.2) is 18.2 Å². The van der Waals surface area contributed by atoms with E-state index in [1.54, 1.807) is 0 Å². The number of nitrogens with zero attached hydrogens (tertiary/aromatic N) is 1. The predicted octanol–water partition coefficient (Wildman–Crippen LogP) is 1.75. The van der Waals surface area contributed by atoms with Crippen LogP contribution in [-0.4, -0.2) is 29.8 Å². The van der Waals surface area contributed by atoms with E-state index in [1.165, 1.54) is 12.1 Å². The number of benzene rings is 1. The average molecular weight is 238 g/mol. The van der Waals surface area contributed by atoms with E-state index >= 15 is 0 Å². The molecule has 6 heteroatoms. The first kappa shape index (κ1) is 11.7. The lowest BCUT2D eigenvalue weighted by molar-refractivity contribution is -0.384.